The second kappa shape index (κ2) is 5.53. The van der Waals surface area contributed by atoms with Crippen LogP contribution >= 0.6 is 0 Å². The summed E-state index contributed by atoms with van der Waals surface area (Å²) in [5, 5.41) is 3.04. The first-order chi connectivity index (χ1) is 8.62. The summed E-state index contributed by atoms with van der Waals surface area (Å²) in [6, 6.07) is 10.0. The summed E-state index contributed by atoms with van der Waals surface area (Å²) < 4.78 is 0. The molecular formula is C15H22N2O. The minimum absolute atomic E-state index is 0.00134. The maximum atomic E-state index is 12.3. The van der Waals surface area contributed by atoms with Gasteiger partial charge in [-0.3, -0.25) is 4.79 Å². The van der Waals surface area contributed by atoms with Crippen molar-refractivity contribution in [1.82, 2.24) is 5.32 Å². The van der Waals surface area contributed by atoms with Crippen molar-refractivity contribution in [3.8, 4) is 0 Å². The molecule has 3 N–H and O–H groups in total. The van der Waals surface area contributed by atoms with Crippen molar-refractivity contribution in [2.75, 3.05) is 0 Å². The standard InChI is InChI=1S/C15H22N2O/c1-12(13-8-4-2-5-9-13)17-14(18)15(16)10-6-3-7-11-15/h2,4-5,8-9,12H,3,6-7,10-11,16H2,1H3,(H,17,18). The minimum Gasteiger partial charge on any atom is -0.348 e. The average Bonchev–Trinajstić information content (AvgIpc) is 2.40. The SMILES string of the molecule is CC(NC(=O)C1(N)CCCCC1)c1ccccc1. The van der Waals surface area contributed by atoms with Crippen molar-refractivity contribution in [2.45, 2.75) is 50.6 Å². The van der Waals surface area contributed by atoms with Crippen LogP contribution in [0.4, 0.5) is 0 Å². The van der Waals surface area contributed by atoms with Crippen molar-refractivity contribution in [3.05, 3.63) is 35.9 Å². The van der Waals surface area contributed by atoms with Gasteiger partial charge in [0.05, 0.1) is 11.6 Å². The fraction of sp³-hybridized carbons (Fsp3) is 0.533. The van der Waals surface area contributed by atoms with Crippen LogP contribution < -0.4 is 11.1 Å². The molecule has 1 amide bonds. The molecule has 1 atom stereocenters. The van der Waals surface area contributed by atoms with Gasteiger partial charge in [0.25, 0.3) is 0 Å². The molecule has 0 radical (unpaired) electrons. The van der Waals surface area contributed by atoms with Crippen molar-refractivity contribution >= 4 is 5.91 Å². The lowest BCUT2D eigenvalue weighted by molar-refractivity contribution is -0.128. The summed E-state index contributed by atoms with van der Waals surface area (Å²) in [7, 11) is 0. The lowest BCUT2D eigenvalue weighted by Crippen LogP contribution is -2.55. The molecule has 0 aliphatic heterocycles. The first-order valence-corrected chi connectivity index (χ1v) is 6.77. The fourth-order valence-electron chi connectivity index (χ4n) is 2.58. The summed E-state index contributed by atoms with van der Waals surface area (Å²) in [5.41, 5.74) is 6.68. The number of hydrogen-bond acceptors (Lipinski definition) is 2. The van der Waals surface area contributed by atoms with E-state index in [1.165, 1.54) is 6.42 Å². The first kappa shape index (κ1) is 13.1. The monoisotopic (exact) mass is 246 g/mol. The predicted octanol–water partition coefficient (Wildman–Crippen LogP) is 2.53. The molecule has 0 aromatic heterocycles. The Kier molecular flexibility index (Phi) is 4.02. The molecule has 3 nitrogen and oxygen atoms in total. The van der Waals surface area contributed by atoms with Gasteiger partial charge >= 0.3 is 0 Å². The van der Waals surface area contributed by atoms with Crippen LogP contribution in [0.2, 0.25) is 0 Å². The fourth-order valence-corrected chi connectivity index (χ4v) is 2.58. The predicted molar refractivity (Wildman–Crippen MR) is 73.0 cm³/mol. The molecule has 1 fully saturated rings. The third kappa shape index (κ3) is 2.91. The zero-order valence-electron chi connectivity index (χ0n) is 11.0. The van der Waals surface area contributed by atoms with Crippen molar-refractivity contribution in [1.29, 1.82) is 0 Å². The van der Waals surface area contributed by atoms with E-state index in [9.17, 15) is 4.79 Å². The van der Waals surface area contributed by atoms with E-state index in [0.717, 1.165) is 31.2 Å². The van der Waals surface area contributed by atoms with Gasteiger partial charge in [-0.25, -0.2) is 0 Å². The van der Waals surface area contributed by atoms with E-state index in [4.69, 9.17) is 5.73 Å². The summed E-state index contributed by atoms with van der Waals surface area (Å²) in [6.45, 7) is 2.00. The highest BCUT2D eigenvalue weighted by Gasteiger charge is 2.35. The van der Waals surface area contributed by atoms with E-state index in [-0.39, 0.29) is 11.9 Å². The molecule has 0 heterocycles. The number of hydrogen-bond donors (Lipinski definition) is 2. The highest BCUT2D eigenvalue weighted by molar-refractivity contribution is 5.86. The van der Waals surface area contributed by atoms with Gasteiger partial charge in [0.15, 0.2) is 0 Å². The number of nitrogens with two attached hydrogens (primary N) is 1. The number of carbonyl (C=O) groups is 1. The highest BCUT2D eigenvalue weighted by Crippen LogP contribution is 2.26. The Labute approximate surface area is 109 Å². The van der Waals surface area contributed by atoms with Gasteiger partial charge in [0.2, 0.25) is 5.91 Å². The molecule has 1 aromatic carbocycles. The second-order valence-corrected chi connectivity index (χ2v) is 5.32. The maximum Gasteiger partial charge on any atom is 0.240 e. The normalized spacial score (nSPS) is 20.1. The molecule has 1 saturated carbocycles. The average molecular weight is 246 g/mol. The maximum absolute atomic E-state index is 12.3. The van der Waals surface area contributed by atoms with Gasteiger partial charge in [-0.15, -0.1) is 0 Å². The smallest absolute Gasteiger partial charge is 0.240 e. The Morgan fingerprint density at radius 1 is 1.22 bits per heavy atom. The molecule has 1 aliphatic rings. The Bertz CT molecular complexity index is 396. The quantitative estimate of drug-likeness (QED) is 0.861. The zero-order chi connectivity index (χ0) is 13.0. The molecule has 0 bridgehead atoms. The highest BCUT2D eigenvalue weighted by atomic mass is 16.2. The van der Waals surface area contributed by atoms with Crippen LogP contribution in [0.15, 0.2) is 30.3 Å². The van der Waals surface area contributed by atoms with E-state index >= 15 is 0 Å². The van der Waals surface area contributed by atoms with E-state index < -0.39 is 5.54 Å². The lowest BCUT2D eigenvalue weighted by Gasteiger charge is -2.33. The van der Waals surface area contributed by atoms with Gasteiger partial charge in [-0.1, -0.05) is 49.6 Å². The van der Waals surface area contributed by atoms with Crippen molar-refractivity contribution < 1.29 is 4.79 Å². The minimum atomic E-state index is -0.651. The summed E-state index contributed by atoms with van der Waals surface area (Å²) in [5.74, 6) is -0.00134. The van der Waals surface area contributed by atoms with Gasteiger partial charge in [0.1, 0.15) is 0 Å². The molecule has 18 heavy (non-hydrogen) atoms. The van der Waals surface area contributed by atoms with Crippen LogP contribution in [0.1, 0.15) is 50.6 Å². The third-order valence-electron chi connectivity index (χ3n) is 3.85. The Morgan fingerprint density at radius 2 is 1.83 bits per heavy atom. The molecule has 1 aliphatic carbocycles. The number of carbonyl (C=O) groups excluding carboxylic acids is 1. The topological polar surface area (TPSA) is 55.1 Å². The summed E-state index contributed by atoms with van der Waals surface area (Å²) >= 11 is 0. The van der Waals surface area contributed by atoms with Crippen LogP contribution in [-0.2, 0) is 4.79 Å². The second-order valence-electron chi connectivity index (χ2n) is 5.32. The van der Waals surface area contributed by atoms with Gasteiger partial charge in [-0.05, 0) is 25.3 Å². The van der Waals surface area contributed by atoms with Gasteiger partial charge in [0, 0.05) is 0 Å². The van der Waals surface area contributed by atoms with E-state index in [1.807, 2.05) is 37.3 Å². The number of benzene rings is 1. The molecule has 0 spiro atoms. The molecule has 0 saturated heterocycles. The lowest BCUT2D eigenvalue weighted by atomic mass is 9.81. The zero-order valence-corrected chi connectivity index (χ0v) is 11.0. The third-order valence-corrected chi connectivity index (χ3v) is 3.85. The number of amides is 1. The summed E-state index contributed by atoms with van der Waals surface area (Å²) in [4.78, 5) is 12.3. The molecule has 1 aromatic rings. The van der Waals surface area contributed by atoms with Crippen LogP contribution in [0.25, 0.3) is 0 Å². The Balaban J connectivity index is 1.98. The Hall–Kier alpha value is -1.35. The first-order valence-electron chi connectivity index (χ1n) is 6.77. The number of nitrogens with one attached hydrogen (secondary N) is 1. The van der Waals surface area contributed by atoms with Crippen molar-refractivity contribution in [2.24, 2.45) is 5.73 Å². The van der Waals surface area contributed by atoms with Gasteiger partial charge < -0.3 is 11.1 Å². The van der Waals surface area contributed by atoms with Crippen LogP contribution in [0, 0.1) is 0 Å². The summed E-state index contributed by atoms with van der Waals surface area (Å²) in [6.07, 6.45) is 4.93. The van der Waals surface area contributed by atoms with E-state index in [0.29, 0.717) is 0 Å². The van der Waals surface area contributed by atoms with E-state index in [1.54, 1.807) is 0 Å². The molecule has 1 unspecified atom stereocenters. The van der Waals surface area contributed by atoms with Crippen molar-refractivity contribution in [3.63, 3.8) is 0 Å². The van der Waals surface area contributed by atoms with Crippen LogP contribution in [0.5, 0.6) is 0 Å². The van der Waals surface area contributed by atoms with Crippen LogP contribution in [0.3, 0.4) is 0 Å². The van der Waals surface area contributed by atoms with Gasteiger partial charge in [-0.2, -0.15) is 0 Å². The molecule has 3 heteroatoms. The number of rotatable bonds is 3. The molecular weight excluding hydrogens is 224 g/mol. The Morgan fingerprint density at radius 3 is 2.44 bits per heavy atom. The molecule has 2 rings (SSSR count). The largest absolute Gasteiger partial charge is 0.348 e. The van der Waals surface area contributed by atoms with E-state index in [2.05, 4.69) is 5.32 Å². The molecule has 98 valence electrons. The van der Waals surface area contributed by atoms with Crippen LogP contribution in [-0.4, -0.2) is 11.4 Å².